The van der Waals surface area contributed by atoms with Crippen LogP contribution in [0, 0.1) is 5.92 Å². The molecule has 0 aromatic carbocycles. The first kappa shape index (κ1) is 12.0. The van der Waals surface area contributed by atoms with Gasteiger partial charge in [0.05, 0.1) is 6.33 Å². The third-order valence-electron chi connectivity index (χ3n) is 3.04. The van der Waals surface area contributed by atoms with Gasteiger partial charge in [-0.25, -0.2) is 4.98 Å². The van der Waals surface area contributed by atoms with Crippen molar-refractivity contribution in [3.8, 4) is 0 Å². The van der Waals surface area contributed by atoms with Crippen LogP contribution in [0.15, 0.2) is 18.7 Å². The standard InChI is InChI=1S/C12H21N3S/c1(2-6-15-7-5-14-11-15)4-13-9-12-3-8-16-10-12/h5,7,11-13H,1-4,6,8-10H2. The van der Waals surface area contributed by atoms with E-state index in [1.165, 1.54) is 37.3 Å². The summed E-state index contributed by atoms with van der Waals surface area (Å²) in [6.07, 6.45) is 9.68. The lowest BCUT2D eigenvalue weighted by atomic mass is 10.1. The van der Waals surface area contributed by atoms with Crippen LogP contribution in [0.1, 0.15) is 19.3 Å². The van der Waals surface area contributed by atoms with Gasteiger partial charge in [0.15, 0.2) is 0 Å². The van der Waals surface area contributed by atoms with Gasteiger partial charge in [-0.2, -0.15) is 11.8 Å². The van der Waals surface area contributed by atoms with Crippen LogP contribution in [0.3, 0.4) is 0 Å². The number of imidazole rings is 1. The second kappa shape index (κ2) is 6.97. The van der Waals surface area contributed by atoms with Crippen LogP contribution in [0.25, 0.3) is 0 Å². The summed E-state index contributed by atoms with van der Waals surface area (Å²) >= 11 is 2.10. The number of rotatable bonds is 7. The van der Waals surface area contributed by atoms with E-state index in [1.807, 2.05) is 18.7 Å². The maximum atomic E-state index is 4.03. The Morgan fingerprint density at radius 3 is 3.19 bits per heavy atom. The summed E-state index contributed by atoms with van der Waals surface area (Å²) in [5.41, 5.74) is 0. The molecule has 2 heterocycles. The lowest BCUT2D eigenvalue weighted by Crippen LogP contribution is -2.23. The average molecular weight is 239 g/mol. The van der Waals surface area contributed by atoms with Gasteiger partial charge in [0.25, 0.3) is 0 Å². The van der Waals surface area contributed by atoms with Crippen LogP contribution in [-0.4, -0.2) is 34.1 Å². The molecule has 1 aliphatic heterocycles. The monoisotopic (exact) mass is 239 g/mol. The number of thioether (sulfide) groups is 1. The lowest BCUT2D eigenvalue weighted by molar-refractivity contribution is 0.501. The predicted molar refractivity (Wildman–Crippen MR) is 69.8 cm³/mol. The van der Waals surface area contributed by atoms with Gasteiger partial charge in [0, 0.05) is 18.9 Å². The minimum Gasteiger partial charge on any atom is -0.337 e. The summed E-state index contributed by atoms with van der Waals surface area (Å²) in [4.78, 5) is 4.03. The van der Waals surface area contributed by atoms with Gasteiger partial charge < -0.3 is 9.88 Å². The van der Waals surface area contributed by atoms with Crippen molar-refractivity contribution in [3.05, 3.63) is 18.7 Å². The molecule has 3 nitrogen and oxygen atoms in total. The zero-order valence-electron chi connectivity index (χ0n) is 9.77. The van der Waals surface area contributed by atoms with Crippen molar-refractivity contribution in [1.29, 1.82) is 0 Å². The maximum Gasteiger partial charge on any atom is 0.0945 e. The molecule has 90 valence electrons. The van der Waals surface area contributed by atoms with Crippen molar-refractivity contribution in [2.45, 2.75) is 25.8 Å². The molecular formula is C12H21N3S. The van der Waals surface area contributed by atoms with Gasteiger partial charge in [-0.15, -0.1) is 0 Å². The third-order valence-corrected chi connectivity index (χ3v) is 4.27. The molecule has 0 radical (unpaired) electrons. The van der Waals surface area contributed by atoms with Crippen LogP contribution in [0.4, 0.5) is 0 Å². The van der Waals surface area contributed by atoms with Crippen LogP contribution < -0.4 is 5.32 Å². The fourth-order valence-electron chi connectivity index (χ4n) is 2.01. The Bertz CT molecular complexity index is 268. The Labute approximate surface area is 102 Å². The average Bonchev–Trinajstić information content (AvgIpc) is 2.96. The van der Waals surface area contributed by atoms with E-state index >= 15 is 0 Å². The number of nitrogens with one attached hydrogen (secondary N) is 1. The van der Waals surface area contributed by atoms with Gasteiger partial charge in [0.2, 0.25) is 0 Å². The Morgan fingerprint density at radius 1 is 1.44 bits per heavy atom. The summed E-state index contributed by atoms with van der Waals surface area (Å²) < 4.78 is 2.15. The maximum absolute atomic E-state index is 4.03. The second-order valence-electron chi connectivity index (χ2n) is 4.44. The van der Waals surface area contributed by atoms with Crippen molar-refractivity contribution in [2.24, 2.45) is 5.92 Å². The molecule has 1 aromatic heterocycles. The summed E-state index contributed by atoms with van der Waals surface area (Å²) in [6.45, 7) is 3.48. The van der Waals surface area contributed by atoms with Gasteiger partial charge in [-0.3, -0.25) is 0 Å². The highest BCUT2D eigenvalue weighted by atomic mass is 32.2. The van der Waals surface area contributed by atoms with Gasteiger partial charge >= 0.3 is 0 Å². The van der Waals surface area contributed by atoms with Crippen molar-refractivity contribution < 1.29 is 0 Å². The highest BCUT2D eigenvalue weighted by molar-refractivity contribution is 7.99. The zero-order chi connectivity index (χ0) is 11.1. The highest BCUT2D eigenvalue weighted by Gasteiger charge is 2.13. The van der Waals surface area contributed by atoms with Gasteiger partial charge in [-0.05, 0) is 49.8 Å². The molecule has 0 amide bonds. The SMILES string of the molecule is c1cn(CCCCNCC2CCSC2)cn1. The van der Waals surface area contributed by atoms with Crippen molar-refractivity contribution in [2.75, 3.05) is 24.6 Å². The van der Waals surface area contributed by atoms with E-state index in [0.717, 1.165) is 19.0 Å². The molecule has 1 N–H and O–H groups in total. The number of hydrogen-bond donors (Lipinski definition) is 1. The van der Waals surface area contributed by atoms with Crippen LogP contribution in [0.2, 0.25) is 0 Å². The number of unbranched alkanes of at least 4 members (excludes halogenated alkanes) is 1. The van der Waals surface area contributed by atoms with E-state index in [4.69, 9.17) is 0 Å². The molecule has 16 heavy (non-hydrogen) atoms. The molecule has 1 aliphatic rings. The van der Waals surface area contributed by atoms with Crippen molar-refractivity contribution in [1.82, 2.24) is 14.9 Å². The highest BCUT2D eigenvalue weighted by Crippen LogP contribution is 2.22. The Morgan fingerprint density at radius 2 is 2.44 bits per heavy atom. The quantitative estimate of drug-likeness (QED) is 0.738. The molecule has 4 heteroatoms. The van der Waals surface area contributed by atoms with E-state index in [-0.39, 0.29) is 0 Å². The molecule has 1 fully saturated rings. The second-order valence-corrected chi connectivity index (χ2v) is 5.59. The molecule has 1 unspecified atom stereocenters. The fourth-order valence-corrected chi connectivity index (χ4v) is 3.30. The molecule has 2 rings (SSSR count). The minimum atomic E-state index is 0.929. The van der Waals surface area contributed by atoms with Crippen molar-refractivity contribution >= 4 is 11.8 Å². The van der Waals surface area contributed by atoms with Crippen LogP contribution >= 0.6 is 11.8 Å². The molecule has 1 atom stereocenters. The minimum absolute atomic E-state index is 0.929. The molecular weight excluding hydrogens is 218 g/mol. The van der Waals surface area contributed by atoms with E-state index in [0.29, 0.717) is 0 Å². The Hall–Kier alpha value is -0.480. The number of aryl methyl sites for hydroxylation is 1. The smallest absolute Gasteiger partial charge is 0.0945 e. The predicted octanol–water partition coefficient (Wildman–Crippen LogP) is 2.01. The van der Waals surface area contributed by atoms with E-state index in [2.05, 4.69) is 26.6 Å². The molecule has 1 aromatic rings. The number of nitrogens with zero attached hydrogens (tertiary/aromatic N) is 2. The van der Waals surface area contributed by atoms with Crippen LogP contribution in [-0.2, 0) is 6.54 Å². The van der Waals surface area contributed by atoms with E-state index in [1.54, 1.807) is 0 Å². The topological polar surface area (TPSA) is 29.9 Å². The van der Waals surface area contributed by atoms with Gasteiger partial charge in [0.1, 0.15) is 0 Å². The van der Waals surface area contributed by atoms with Crippen molar-refractivity contribution in [3.63, 3.8) is 0 Å². The largest absolute Gasteiger partial charge is 0.337 e. The van der Waals surface area contributed by atoms with Crippen LogP contribution in [0.5, 0.6) is 0 Å². The Kier molecular flexibility index (Phi) is 5.22. The van der Waals surface area contributed by atoms with E-state index in [9.17, 15) is 0 Å². The first-order chi connectivity index (χ1) is 7.95. The first-order valence-electron chi connectivity index (χ1n) is 6.19. The molecule has 0 bridgehead atoms. The lowest BCUT2D eigenvalue weighted by Gasteiger charge is -2.09. The molecule has 0 saturated carbocycles. The van der Waals surface area contributed by atoms with Gasteiger partial charge in [-0.1, -0.05) is 0 Å². The summed E-state index contributed by atoms with van der Waals surface area (Å²) in [7, 11) is 0. The Balaban J connectivity index is 1.43. The van der Waals surface area contributed by atoms with E-state index < -0.39 is 0 Å². The molecule has 0 aliphatic carbocycles. The summed E-state index contributed by atoms with van der Waals surface area (Å²) in [5, 5.41) is 3.57. The molecule has 0 spiro atoms. The normalized spacial score (nSPS) is 20.4. The first-order valence-corrected chi connectivity index (χ1v) is 7.35. The number of hydrogen-bond acceptors (Lipinski definition) is 3. The fraction of sp³-hybridized carbons (Fsp3) is 0.750. The summed E-state index contributed by atoms with van der Waals surface area (Å²) in [5.74, 6) is 3.66. The summed E-state index contributed by atoms with van der Waals surface area (Å²) in [6, 6.07) is 0. The molecule has 1 saturated heterocycles. The number of aromatic nitrogens is 2. The third kappa shape index (κ3) is 4.18. The zero-order valence-corrected chi connectivity index (χ0v) is 10.6.